The number of unbranched alkanes of at least 4 members (excludes halogenated alkanes) is 19. The summed E-state index contributed by atoms with van der Waals surface area (Å²) < 4.78 is 5.26. The molecule has 1 heterocycles. The molecule has 0 saturated carbocycles. The standard InChI is InChI=1S/C27H51NO3/c1-2-3-4-5-6-7-8-9-10-11-12-13-14-15-16-17-18-19-20-21-24-31-27(30)25-22-23-26(29)28-25/h25H,2-24H2,1H3,(H,28,29). The fourth-order valence-corrected chi connectivity index (χ4v) is 4.42. The van der Waals surface area contributed by atoms with Gasteiger partial charge in [-0.1, -0.05) is 129 Å². The van der Waals surface area contributed by atoms with Crippen LogP contribution in [0.2, 0.25) is 0 Å². The molecule has 0 aliphatic carbocycles. The molecule has 4 nitrogen and oxygen atoms in total. The fraction of sp³-hybridized carbons (Fsp3) is 0.926. The van der Waals surface area contributed by atoms with Crippen molar-refractivity contribution in [3.63, 3.8) is 0 Å². The van der Waals surface area contributed by atoms with E-state index >= 15 is 0 Å². The van der Waals surface area contributed by atoms with Crippen molar-refractivity contribution in [3.8, 4) is 0 Å². The number of ether oxygens (including phenoxy) is 1. The first-order valence-electron chi connectivity index (χ1n) is 13.7. The molecule has 0 bridgehead atoms. The van der Waals surface area contributed by atoms with E-state index in [1.807, 2.05) is 0 Å². The number of carbonyl (C=O) groups is 2. The van der Waals surface area contributed by atoms with E-state index in [1.54, 1.807) is 0 Å². The molecule has 1 atom stereocenters. The second kappa shape index (κ2) is 20.8. The summed E-state index contributed by atoms with van der Waals surface area (Å²) in [7, 11) is 0. The van der Waals surface area contributed by atoms with Crippen LogP contribution in [0.3, 0.4) is 0 Å². The van der Waals surface area contributed by atoms with Crippen molar-refractivity contribution in [1.29, 1.82) is 0 Å². The van der Waals surface area contributed by atoms with Crippen molar-refractivity contribution in [2.75, 3.05) is 6.61 Å². The van der Waals surface area contributed by atoms with Gasteiger partial charge >= 0.3 is 5.97 Å². The smallest absolute Gasteiger partial charge is 0.328 e. The van der Waals surface area contributed by atoms with Crippen LogP contribution in [0.4, 0.5) is 0 Å². The van der Waals surface area contributed by atoms with Crippen LogP contribution in [0.5, 0.6) is 0 Å². The molecule has 1 N–H and O–H groups in total. The van der Waals surface area contributed by atoms with Gasteiger partial charge in [-0.15, -0.1) is 0 Å². The molecule has 1 fully saturated rings. The van der Waals surface area contributed by atoms with Gasteiger partial charge in [0.05, 0.1) is 6.61 Å². The van der Waals surface area contributed by atoms with Gasteiger partial charge in [0.25, 0.3) is 0 Å². The average Bonchev–Trinajstić information content (AvgIpc) is 3.21. The Balaban J connectivity index is 1.68. The minimum absolute atomic E-state index is 0.0410. The maximum atomic E-state index is 11.8. The maximum Gasteiger partial charge on any atom is 0.328 e. The number of amides is 1. The van der Waals surface area contributed by atoms with Gasteiger partial charge in [-0.05, 0) is 12.8 Å². The molecular formula is C27H51NO3. The second-order valence-corrected chi connectivity index (χ2v) is 9.54. The normalized spacial score (nSPS) is 15.9. The van der Waals surface area contributed by atoms with E-state index < -0.39 is 6.04 Å². The molecule has 1 amide bonds. The zero-order chi connectivity index (χ0) is 22.4. The lowest BCUT2D eigenvalue weighted by Gasteiger charge is -2.09. The van der Waals surface area contributed by atoms with Crippen LogP contribution in [0, 0.1) is 0 Å². The Kier molecular flexibility index (Phi) is 18.8. The second-order valence-electron chi connectivity index (χ2n) is 9.54. The summed E-state index contributed by atoms with van der Waals surface area (Å²) in [6.07, 6.45) is 28.3. The minimum Gasteiger partial charge on any atom is -0.464 e. The number of esters is 1. The van der Waals surface area contributed by atoms with E-state index in [0.29, 0.717) is 19.4 Å². The highest BCUT2D eigenvalue weighted by Crippen LogP contribution is 2.15. The number of nitrogens with one attached hydrogen (secondary N) is 1. The zero-order valence-corrected chi connectivity index (χ0v) is 20.6. The molecule has 1 saturated heterocycles. The van der Waals surface area contributed by atoms with Gasteiger partial charge in [0, 0.05) is 6.42 Å². The molecule has 0 radical (unpaired) electrons. The SMILES string of the molecule is CCCCCCCCCCCCCCCCCCCCCCOC(=O)C1CCC(=O)N1. The molecular weight excluding hydrogens is 386 g/mol. The van der Waals surface area contributed by atoms with Gasteiger partial charge in [-0.2, -0.15) is 0 Å². The molecule has 0 aromatic rings. The van der Waals surface area contributed by atoms with E-state index in [4.69, 9.17) is 4.74 Å². The Morgan fingerprint density at radius 3 is 1.45 bits per heavy atom. The van der Waals surface area contributed by atoms with Crippen LogP contribution in [0.25, 0.3) is 0 Å². The molecule has 1 unspecified atom stereocenters. The maximum absolute atomic E-state index is 11.8. The Morgan fingerprint density at radius 1 is 0.710 bits per heavy atom. The van der Waals surface area contributed by atoms with Crippen molar-refractivity contribution < 1.29 is 14.3 Å². The molecule has 182 valence electrons. The third-order valence-electron chi connectivity index (χ3n) is 6.52. The summed E-state index contributed by atoms with van der Waals surface area (Å²) in [5.41, 5.74) is 0. The molecule has 1 rings (SSSR count). The van der Waals surface area contributed by atoms with Crippen LogP contribution < -0.4 is 5.32 Å². The van der Waals surface area contributed by atoms with Crippen molar-refractivity contribution >= 4 is 11.9 Å². The van der Waals surface area contributed by atoms with Gasteiger partial charge in [-0.25, -0.2) is 4.79 Å². The molecule has 4 heteroatoms. The van der Waals surface area contributed by atoms with Gasteiger partial charge in [-0.3, -0.25) is 4.79 Å². The predicted molar refractivity (Wildman–Crippen MR) is 130 cm³/mol. The summed E-state index contributed by atoms with van der Waals surface area (Å²) in [4.78, 5) is 22.9. The lowest BCUT2D eigenvalue weighted by molar-refractivity contribution is -0.146. The van der Waals surface area contributed by atoms with Crippen molar-refractivity contribution in [2.24, 2.45) is 0 Å². The summed E-state index contributed by atoms with van der Waals surface area (Å²) in [5, 5.41) is 2.65. The molecule has 31 heavy (non-hydrogen) atoms. The molecule has 0 aromatic heterocycles. The number of hydrogen-bond acceptors (Lipinski definition) is 3. The summed E-state index contributed by atoms with van der Waals surface area (Å²) in [5.74, 6) is -0.301. The van der Waals surface area contributed by atoms with Crippen molar-refractivity contribution in [3.05, 3.63) is 0 Å². The topological polar surface area (TPSA) is 55.4 Å². The predicted octanol–water partition coefficient (Wildman–Crippen LogP) is 7.63. The van der Waals surface area contributed by atoms with E-state index in [-0.39, 0.29) is 11.9 Å². The Hall–Kier alpha value is -1.06. The van der Waals surface area contributed by atoms with E-state index in [1.165, 1.54) is 116 Å². The molecule has 0 aromatic carbocycles. The van der Waals surface area contributed by atoms with Crippen LogP contribution in [-0.4, -0.2) is 24.5 Å². The van der Waals surface area contributed by atoms with E-state index in [0.717, 1.165) is 12.8 Å². The highest BCUT2D eigenvalue weighted by molar-refractivity contribution is 5.87. The first kappa shape index (κ1) is 28.0. The van der Waals surface area contributed by atoms with E-state index in [2.05, 4.69) is 12.2 Å². The monoisotopic (exact) mass is 437 g/mol. The first-order valence-corrected chi connectivity index (χ1v) is 13.7. The van der Waals surface area contributed by atoms with Crippen LogP contribution in [0.1, 0.15) is 148 Å². The minimum atomic E-state index is -0.405. The van der Waals surface area contributed by atoms with Crippen molar-refractivity contribution in [2.45, 2.75) is 154 Å². The van der Waals surface area contributed by atoms with Crippen molar-refractivity contribution in [1.82, 2.24) is 5.32 Å². The quantitative estimate of drug-likeness (QED) is 0.140. The van der Waals surface area contributed by atoms with Crippen LogP contribution in [0.15, 0.2) is 0 Å². The first-order chi connectivity index (χ1) is 15.2. The zero-order valence-electron chi connectivity index (χ0n) is 20.6. The van der Waals surface area contributed by atoms with Gasteiger partial charge in [0.2, 0.25) is 5.91 Å². The third kappa shape index (κ3) is 17.2. The highest BCUT2D eigenvalue weighted by Gasteiger charge is 2.28. The molecule has 1 aliphatic heterocycles. The Labute approximate surface area is 192 Å². The highest BCUT2D eigenvalue weighted by atomic mass is 16.5. The van der Waals surface area contributed by atoms with E-state index in [9.17, 15) is 9.59 Å². The van der Waals surface area contributed by atoms with Crippen LogP contribution >= 0.6 is 0 Å². The Morgan fingerprint density at radius 2 is 1.10 bits per heavy atom. The number of hydrogen-bond donors (Lipinski definition) is 1. The van der Waals surface area contributed by atoms with Crippen LogP contribution in [-0.2, 0) is 14.3 Å². The van der Waals surface area contributed by atoms with Gasteiger partial charge in [0.15, 0.2) is 0 Å². The fourth-order valence-electron chi connectivity index (χ4n) is 4.42. The third-order valence-corrected chi connectivity index (χ3v) is 6.52. The lowest BCUT2D eigenvalue weighted by Crippen LogP contribution is -2.34. The largest absolute Gasteiger partial charge is 0.464 e. The lowest BCUT2D eigenvalue weighted by atomic mass is 10.0. The number of carbonyl (C=O) groups excluding carboxylic acids is 2. The number of rotatable bonds is 22. The molecule has 0 spiro atoms. The average molecular weight is 438 g/mol. The summed E-state index contributed by atoms with van der Waals surface area (Å²) in [6, 6.07) is -0.405. The summed E-state index contributed by atoms with van der Waals surface area (Å²) in [6.45, 7) is 2.78. The van der Waals surface area contributed by atoms with Gasteiger partial charge < -0.3 is 10.1 Å². The molecule has 1 aliphatic rings. The Bertz CT molecular complexity index is 438. The van der Waals surface area contributed by atoms with Gasteiger partial charge in [0.1, 0.15) is 6.04 Å². The summed E-state index contributed by atoms with van der Waals surface area (Å²) >= 11 is 0.